The van der Waals surface area contributed by atoms with Gasteiger partial charge in [-0.3, -0.25) is 4.79 Å². The van der Waals surface area contributed by atoms with E-state index in [2.05, 4.69) is 5.32 Å². The summed E-state index contributed by atoms with van der Waals surface area (Å²) in [5.74, 6) is 1.18. The largest absolute Gasteiger partial charge is 0.486 e. The van der Waals surface area contributed by atoms with Crippen molar-refractivity contribution in [3.8, 4) is 11.5 Å². The van der Waals surface area contributed by atoms with Crippen molar-refractivity contribution in [3.05, 3.63) is 53.6 Å². The van der Waals surface area contributed by atoms with Crippen molar-refractivity contribution < 1.29 is 22.7 Å². The van der Waals surface area contributed by atoms with Crippen molar-refractivity contribution in [2.45, 2.75) is 24.3 Å². The number of hydrogen-bond donors (Lipinski definition) is 2. The smallest absolute Gasteiger partial charge is 0.238 e. The Balaban J connectivity index is 1.62. The molecule has 138 valence electrons. The molecule has 1 aliphatic heterocycles. The Morgan fingerprint density at radius 3 is 2.42 bits per heavy atom. The van der Waals surface area contributed by atoms with E-state index in [-0.39, 0.29) is 23.3 Å². The Labute approximate surface area is 152 Å². The predicted octanol–water partition coefficient (Wildman–Crippen LogP) is 1.53. The molecule has 0 aromatic heterocycles. The number of hydrogen-bond acceptors (Lipinski definition) is 5. The van der Waals surface area contributed by atoms with E-state index in [4.69, 9.17) is 14.6 Å². The summed E-state index contributed by atoms with van der Waals surface area (Å²) < 4.78 is 33.6. The lowest BCUT2D eigenvalue weighted by Crippen LogP contribution is -2.28. The van der Waals surface area contributed by atoms with Gasteiger partial charge in [0.2, 0.25) is 15.9 Å². The number of rotatable bonds is 5. The molecule has 0 fully saturated rings. The lowest BCUT2D eigenvalue weighted by atomic mass is 10.1. The van der Waals surface area contributed by atoms with Gasteiger partial charge in [-0.2, -0.15) is 0 Å². The zero-order chi connectivity index (χ0) is 18.7. The lowest BCUT2D eigenvalue weighted by molar-refractivity contribution is -0.121. The number of nitrogens with one attached hydrogen (secondary N) is 1. The number of primary sulfonamides is 1. The molecule has 1 aliphatic rings. The average Bonchev–Trinajstić information content (AvgIpc) is 2.61. The SMILES string of the molecule is C[C@@H](NC(=O)Cc1ccc2c(c1)OCCO2)c1ccc(S(N)(=O)=O)cc1. The maximum Gasteiger partial charge on any atom is 0.238 e. The number of nitrogens with two attached hydrogens (primary N) is 1. The minimum atomic E-state index is -3.73. The third-order valence-corrected chi connectivity index (χ3v) is 4.99. The van der Waals surface area contributed by atoms with E-state index in [0.717, 1.165) is 11.1 Å². The highest BCUT2D eigenvalue weighted by Gasteiger charge is 2.15. The van der Waals surface area contributed by atoms with Gasteiger partial charge in [0, 0.05) is 0 Å². The zero-order valence-electron chi connectivity index (χ0n) is 14.3. The van der Waals surface area contributed by atoms with Crippen molar-refractivity contribution in [3.63, 3.8) is 0 Å². The molecule has 0 spiro atoms. The second kappa shape index (κ2) is 7.35. The van der Waals surface area contributed by atoms with Crippen LogP contribution in [0.1, 0.15) is 24.1 Å². The quantitative estimate of drug-likeness (QED) is 0.823. The fraction of sp³-hybridized carbons (Fsp3) is 0.278. The molecule has 0 saturated carbocycles. The molecule has 1 heterocycles. The fourth-order valence-electron chi connectivity index (χ4n) is 2.71. The molecule has 0 radical (unpaired) electrons. The first-order valence-corrected chi connectivity index (χ1v) is 9.68. The van der Waals surface area contributed by atoms with Crippen LogP contribution in [0.5, 0.6) is 11.5 Å². The molecule has 7 nitrogen and oxygen atoms in total. The van der Waals surface area contributed by atoms with Crippen LogP contribution in [0, 0.1) is 0 Å². The lowest BCUT2D eigenvalue weighted by Gasteiger charge is -2.19. The summed E-state index contributed by atoms with van der Waals surface area (Å²) in [7, 11) is -3.73. The van der Waals surface area contributed by atoms with Crippen LogP contribution >= 0.6 is 0 Å². The van der Waals surface area contributed by atoms with E-state index >= 15 is 0 Å². The number of amides is 1. The number of fused-ring (bicyclic) bond motifs is 1. The minimum Gasteiger partial charge on any atom is -0.486 e. The van der Waals surface area contributed by atoms with E-state index < -0.39 is 10.0 Å². The molecule has 8 heteroatoms. The van der Waals surface area contributed by atoms with Gasteiger partial charge in [0.25, 0.3) is 0 Å². The Kier molecular flexibility index (Phi) is 5.15. The third-order valence-electron chi connectivity index (χ3n) is 4.06. The first-order chi connectivity index (χ1) is 12.3. The number of carbonyl (C=O) groups is 1. The molecule has 0 saturated heterocycles. The van der Waals surface area contributed by atoms with Gasteiger partial charge < -0.3 is 14.8 Å². The standard InChI is InChI=1S/C18H20N2O5S/c1-12(14-3-5-15(6-4-14)26(19,22)23)20-18(21)11-13-2-7-16-17(10-13)25-9-8-24-16/h2-7,10,12H,8-9,11H2,1H3,(H,20,21)(H2,19,22,23)/t12-/m1/s1. The summed E-state index contributed by atoms with van der Waals surface area (Å²) in [6.45, 7) is 2.84. The predicted molar refractivity (Wildman–Crippen MR) is 95.5 cm³/mol. The molecular formula is C18H20N2O5S. The van der Waals surface area contributed by atoms with Crippen LogP contribution in [-0.4, -0.2) is 27.5 Å². The van der Waals surface area contributed by atoms with Crippen LogP contribution in [0.2, 0.25) is 0 Å². The molecule has 0 unspecified atom stereocenters. The normalized spacial score (nSPS) is 14.5. The van der Waals surface area contributed by atoms with Crippen LogP contribution in [0.4, 0.5) is 0 Å². The van der Waals surface area contributed by atoms with Gasteiger partial charge >= 0.3 is 0 Å². The maximum absolute atomic E-state index is 12.3. The molecular weight excluding hydrogens is 356 g/mol. The van der Waals surface area contributed by atoms with Crippen molar-refractivity contribution >= 4 is 15.9 Å². The van der Waals surface area contributed by atoms with Crippen molar-refractivity contribution in [2.75, 3.05) is 13.2 Å². The Morgan fingerprint density at radius 2 is 1.77 bits per heavy atom. The molecule has 3 rings (SSSR count). The molecule has 3 N–H and O–H groups in total. The van der Waals surface area contributed by atoms with Crippen LogP contribution in [0.15, 0.2) is 47.4 Å². The van der Waals surface area contributed by atoms with Crippen LogP contribution in [-0.2, 0) is 21.2 Å². The van der Waals surface area contributed by atoms with E-state index in [1.807, 2.05) is 13.0 Å². The second-order valence-corrected chi connectivity index (χ2v) is 7.62. The van der Waals surface area contributed by atoms with Crippen LogP contribution in [0.3, 0.4) is 0 Å². The van der Waals surface area contributed by atoms with Crippen molar-refractivity contribution in [1.82, 2.24) is 5.32 Å². The molecule has 0 bridgehead atoms. The summed E-state index contributed by atoms with van der Waals surface area (Å²) in [6, 6.07) is 11.3. The summed E-state index contributed by atoms with van der Waals surface area (Å²) in [5.41, 5.74) is 1.61. The summed E-state index contributed by atoms with van der Waals surface area (Å²) in [5, 5.41) is 7.97. The maximum atomic E-state index is 12.3. The molecule has 1 atom stereocenters. The summed E-state index contributed by atoms with van der Waals surface area (Å²) >= 11 is 0. The van der Waals surface area contributed by atoms with Gasteiger partial charge in [0.05, 0.1) is 17.4 Å². The molecule has 1 amide bonds. The molecule has 26 heavy (non-hydrogen) atoms. The highest BCUT2D eigenvalue weighted by atomic mass is 32.2. The van der Waals surface area contributed by atoms with Crippen LogP contribution in [0.25, 0.3) is 0 Å². The molecule has 2 aromatic carbocycles. The van der Waals surface area contributed by atoms with E-state index in [9.17, 15) is 13.2 Å². The number of sulfonamides is 1. The fourth-order valence-corrected chi connectivity index (χ4v) is 3.22. The van der Waals surface area contributed by atoms with Crippen molar-refractivity contribution in [1.29, 1.82) is 0 Å². The Hall–Kier alpha value is -2.58. The minimum absolute atomic E-state index is 0.0380. The Morgan fingerprint density at radius 1 is 1.12 bits per heavy atom. The van der Waals surface area contributed by atoms with E-state index in [1.54, 1.807) is 24.3 Å². The topological polar surface area (TPSA) is 108 Å². The third kappa shape index (κ3) is 4.33. The van der Waals surface area contributed by atoms with Crippen LogP contribution < -0.4 is 19.9 Å². The van der Waals surface area contributed by atoms with Gasteiger partial charge in [0.15, 0.2) is 11.5 Å². The molecule has 0 aliphatic carbocycles. The van der Waals surface area contributed by atoms with Gasteiger partial charge in [0.1, 0.15) is 13.2 Å². The van der Waals surface area contributed by atoms with E-state index in [0.29, 0.717) is 24.7 Å². The second-order valence-electron chi connectivity index (χ2n) is 6.06. The summed E-state index contributed by atoms with van der Waals surface area (Å²) in [6.07, 6.45) is 0.205. The molecule has 2 aromatic rings. The van der Waals surface area contributed by atoms with Crippen molar-refractivity contribution in [2.24, 2.45) is 5.14 Å². The number of benzene rings is 2. The summed E-state index contributed by atoms with van der Waals surface area (Å²) in [4.78, 5) is 12.3. The highest BCUT2D eigenvalue weighted by Crippen LogP contribution is 2.30. The van der Waals surface area contributed by atoms with Gasteiger partial charge in [-0.1, -0.05) is 18.2 Å². The van der Waals surface area contributed by atoms with E-state index in [1.165, 1.54) is 12.1 Å². The van der Waals surface area contributed by atoms with Gasteiger partial charge in [-0.15, -0.1) is 0 Å². The first-order valence-electron chi connectivity index (χ1n) is 8.13. The van der Waals surface area contributed by atoms with Gasteiger partial charge in [-0.25, -0.2) is 13.6 Å². The number of carbonyl (C=O) groups excluding carboxylic acids is 1. The Bertz CT molecular complexity index is 910. The van der Waals surface area contributed by atoms with Gasteiger partial charge in [-0.05, 0) is 42.3 Å². The first kappa shape index (κ1) is 18.2. The number of ether oxygens (including phenoxy) is 2. The zero-order valence-corrected chi connectivity index (χ0v) is 15.1. The monoisotopic (exact) mass is 376 g/mol. The highest BCUT2D eigenvalue weighted by molar-refractivity contribution is 7.89. The average molecular weight is 376 g/mol.